The van der Waals surface area contributed by atoms with Crippen LogP contribution >= 0.6 is 11.6 Å². The molecule has 4 rings (SSSR count). The number of hydrogen-bond acceptors (Lipinski definition) is 4. The maximum atomic E-state index is 12.2. The van der Waals surface area contributed by atoms with Crippen molar-refractivity contribution in [2.75, 3.05) is 23.3 Å². The molecule has 6 heteroatoms. The van der Waals surface area contributed by atoms with Gasteiger partial charge in [-0.05, 0) is 61.4 Å². The summed E-state index contributed by atoms with van der Waals surface area (Å²) in [5.41, 5.74) is 2.37. The van der Waals surface area contributed by atoms with E-state index in [0.29, 0.717) is 16.5 Å². The van der Waals surface area contributed by atoms with Crippen molar-refractivity contribution in [3.05, 3.63) is 71.8 Å². The van der Waals surface area contributed by atoms with Crippen molar-refractivity contribution in [1.82, 2.24) is 4.98 Å². The van der Waals surface area contributed by atoms with E-state index in [9.17, 15) is 4.79 Å². The van der Waals surface area contributed by atoms with E-state index in [4.69, 9.17) is 21.3 Å². The number of carbonyl (C=O) groups is 1. The number of amides is 1. The molecule has 1 aromatic heterocycles. The molecule has 0 saturated carbocycles. The van der Waals surface area contributed by atoms with Crippen molar-refractivity contribution < 1.29 is 9.53 Å². The monoisotopic (exact) mass is 393 g/mol. The van der Waals surface area contributed by atoms with Crippen LogP contribution in [0.5, 0.6) is 5.75 Å². The van der Waals surface area contributed by atoms with Crippen LogP contribution in [0.2, 0.25) is 5.02 Å². The van der Waals surface area contributed by atoms with Crippen LogP contribution in [0, 0.1) is 0 Å². The first kappa shape index (κ1) is 18.3. The summed E-state index contributed by atoms with van der Waals surface area (Å²) in [6.45, 7) is 2.09. The SMILES string of the molecule is O=C(Nc1ccc(Cl)cc1)Oc1cccc(-c2cccc(N3CCCC3)n2)c1. The number of carbonyl (C=O) groups excluding carboxylic acids is 1. The van der Waals surface area contributed by atoms with Crippen molar-refractivity contribution in [2.45, 2.75) is 12.8 Å². The van der Waals surface area contributed by atoms with Crippen molar-refractivity contribution in [3.8, 4) is 17.0 Å². The zero-order valence-electron chi connectivity index (χ0n) is 15.3. The Morgan fingerprint density at radius 1 is 1.00 bits per heavy atom. The second kappa shape index (κ2) is 8.31. The highest BCUT2D eigenvalue weighted by Crippen LogP contribution is 2.26. The summed E-state index contributed by atoms with van der Waals surface area (Å²) < 4.78 is 5.42. The van der Waals surface area contributed by atoms with Crippen LogP contribution in [-0.4, -0.2) is 24.2 Å². The molecular weight excluding hydrogens is 374 g/mol. The largest absolute Gasteiger partial charge is 0.417 e. The van der Waals surface area contributed by atoms with Crippen LogP contribution in [0.25, 0.3) is 11.3 Å². The van der Waals surface area contributed by atoms with E-state index in [1.807, 2.05) is 36.4 Å². The molecule has 3 aromatic rings. The fraction of sp³-hybridized carbons (Fsp3) is 0.182. The van der Waals surface area contributed by atoms with Crippen molar-refractivity contribution in [1.29, 1.82) is 0 Å². The number of halogens is 1. The smallest absolute Gasteiger partial charge is 0.410 e. The summed E-state index contributed by atoms with van der Waals surface area (Å²) in [6, 6.07) is 20.2. The minimum atomic E-state index is -0.557. The van der Waals surface area contributed by atoms with Gasteiger partial charge in [0.2, 0.25) is 0 Å². The van der Waals surface area contributed by atoms with Crippen LogP contribution in [0.4, 0.5) is 16.3 Å². The van der Waals surface area contributed by atoms with Gasteiger partial charge in [0.15, 0.2) is 0 Å². The van der Waals surface area contributed by atoms with Crippen LogP contribution < -0.4 is 15.0 Å². The summed E-state index contributed by atoms with van der Waals surface area (Å²) in [5.74, 6) is 1.44. The molecule has 0 radical (unpaired) electrons. The number of pyridine rings is 1. The second-order valence-electron chi connectivity index (χ2n) is 6.62. The van der Waals surface area contributed by atoms with E-state index in [1.165, 1.54) is 12.8 Å². The quantitative estimate of drug-likeness (QED) is 0.625. The van der Waals surface area contributed by atoms with Gasteiger partial charge in [0, 0.05) is 29.4 Å². The molecule has 0 aliphatic carbocycles. The third-order valence-corrected chi connectivity index (χ3v) is 4.85. The van der Waals surface area contributed by atoms with Crippen LogP contribution in [0.3, 0.4) is 0 Å². The molecule has 2 heterocycles. The fourth-order valence-corrected chi connectivity index (χ4v) is 3.33. The summed E-state index contributed by atoms with van der Waals surface area (Å²) in [5, 5.41) is 3.29. The van der Waals surface area contributed by atoms with E-state index in [-0.39, 0.29) is 0 Å². The third kappa shape index (κ3) is 4.43. The topological polar surface area (TPSA) is 54.5 Å². The van der Waals surface area contributed by atoms with E-state index >= 15 is 0 Å². The Kier molecular flexibility index (Phi) is 5.44. The highest BCUT2D eigenvalue weighted by molar-refractivity contribution is 6.30. The molecule has 0 unspecified atom stereocenters. The minimum absolute atomic E-state index is 0.456. The molecule has 0 bridgehead atoms. The van der Waals surface area contributed by atoms with Gasteiger partial charge in [0.05, 0.1) is 5.69 Å². The lowest BCUT2D eigenvalue weighted by molar-refractivity contribution is 0.215. The Labute approximate surface area is 168 Å². The predicted molar refractivity (Wildman–Crippen MR) is 112 cm³/mol. The van der Waals surface area contributed by atoms with Gasteiger partial charge < -0.3 is 9.64 Å². The average molecular weight is 394 g/mol. The van der Waals surface area contributed by atoms with Gasteiger partial charge in [-0.3, -0.25) is 5.32 Å². The normalized spacial score (nSPS) is 13.4. The lowest BCUT2D eigenvalue weighted by Gasteiger charge is -2.17. The highest BCUT2D eigenvalue weighted by atomic mass is 35.5. The first-order valence-corrected chi connectivity index (χ1v) is 9.62. The van der Waals surface area contributed by atoms with Crippen molar-refractivity contribution in [2.24, 2.45) is 0 Å². The molecule has 0 atom stereocenters. The standard InChI is InChI=1S/C22H20ClN3O2/c23-17-9-11-18(12-10-17)24-22(27)28-19-6-3-5-16(15-19)20-7-4-8-21(25-20)26-13-1-2-14-26/h3-12,15H,1-2,13-14H2,(H,24,27). The number of ether oxygens (including phenoxy) is 1. The lowest BCUT2D eigenvalue weighted by atomic mass is 10.1. The maximum Gasteiger partial charge on any atom is 0.417 e. The highest BCUT2D eigenvalue weighted by Gasteiger charge is 2.14. The first-order chi connectivity index (χ1) is 13.7. The zero-order valence-corrected chi connectivity index (χ0v) is 16.0. The number of rotatable bonds is 4. The molecule has 0 spiro atoms. The van der Waals surface area contributed by atoms with Gasteiger partial charge >= 0.3 is 6.09 Å². The molecular formula is C22H20ClN3O2. The van der Waals surface area contributed by atoms with Gasteiger partial charge in [0.1, 0.15) is 11.6 Å². The maximum absolute atomic E-state index is 12.2. The minimum Gasteiger partial charge on any atom is -0.410 e. The Morgan fingerprint density at radius 2 is 1.75 bits per heavy atom. The van der Waals surface area contributed by atoms with Crippen LogP contribution in [0.15, 0.2) is 66.7 Å². The molecule has 2 aromatic carbocycles. The summed E-state index contributed by atoms with van der Waals surface area (Å²) in [7, 11) is 0. The predicted octanol–water partition coefficient (Wildman–Crippen LogP) is 5.61. The van der Waals surface area contributed by atoms with Crippen molar-refractivity contribution >= 4 is 29.2 Å². The number of benzene rings is 2. The molecule has 5 nitrogen and oxygen atoms in total. The van der Waals surface area contributed by atoms with E-state index in [2.05, 4.69) is 10.2 Å². The number of nitrogens with one attached hydrogen (secondary N) is 1. The van der Waals surface area contributed by atoms with Gasteiger partial charge in [-0.25, -0.2) is 9.78 Å². The number of hydrogen-bond donors (Lipinski definition) is 1. The Balaban J connectivity index is 1.47. The number of anilines is 2. The summed E-state index contributed by atoms with van der Waals surface area (Å²) >= 11 is 5.85. The molecule has 1 saturated heterocycles. The summed E-state index contributed by atoms with van der Waals surface area (Å²) in [4.78, 5) is 19.2. The average Bonchev–Trinajstić information content (AvgIpc) is 3.25. The molecule has 28 heavy (non-hydrogen) atoms. The van der Waals surface area contributed by atoms with Gasteiger partial charge in [-0.1, -0.05) is 29.8 Å². The van der Waals surface area contributed by atoms with Gasteiger partial charge in [-0.15, -0.1) is 0 Å². The first-order valence-electron chi connectivity index (χ1n) is 9.24. The van der Waals surface area contributed by atoms with Crippen LogP contribution in [0.1, 0.15) is 12.8 Å². The zero-order chi connectivity index (χ0) is 19.3. The molecule has 1 fully saturated rings. The number of nitrogens with zero attached hydrogens (tertiary/aromatic N) is 2. The van der Waals surface area contributed by atoms with E-state index in [1.54, 1.807) is 30.3 Å². The number of aromatic nitrogens is 1. The van der Waals surface area contributed by atoms with Gasteiger partial charge in [-0.2, -0.15) is 0 Å². The van der Waals surface area contributed by atoms with Crippen molar-refractivity contribution in [3.63, 3.8) is 0 Å². The fourth-order valence-electron chi connectivity index (χ4n) is 3.21. The van der Waals surface area contributed by atoms with E-state index < -0.39 is 6.09 Å². The van der Waals surface area contributed by atoms with Crippen LogP contribution in [-0.2, 0) is 0 Å². The molecule has 1 aliphatic rings. The Bertz CT molecular complexity index is 970. The molecule has 1 N–H and O–H groups in total. The molecule has 142 valence electrons. The third-order valence-electron chi connectivity index (χ3n) is 4.60. The Morgan fingerprint density at radius 3 is 2.54 bits per heavy atom. The van der Waals surface area contributed by atoms with E-state index in [0.717, 1.165) is 30.2 Å². The Hall–Kier alpha value is -3.05. The van der Waals surface area contributed by atoms with Gasteiger partial charge in [0.25, 0.3) is 0 Å². The lowest BCUT2D eigenvalue weighted by Crippen LogP contribution is -2.18. The molecule has 1 aliphatic heterocycles. The second-order valence-corrected chi connectivity index (χ2v) is 7.06. The molecule has 1 amide bonds. The summed E-state index contributed by atoms with van der Waals surface area (Å²) in [6.07, 6.45) is 1.86.